The second-order valence-electron chi connectivity index (χ2n) is 9.58. The summed E-state index contributed by atoms with van der Waals surface area (Å²) in [6, 6.07) is 13.8. The van der Waals surface area contributed by atoms with E-state index in [4.69, 9.17) is 4.74 Å². The number of benzene rings is 2. The molecular weight excluding hydrogens is 490 g/mol. The van der Waals surface area contributed by atoms with Crippen LogP contribution in [0.3, 0.4) is 0 Å². The summed E-state index contributed by atoms with van der Waals surface area (Å²) < 4.78 is 31.9. The van der Waals surface area contributed by atoms with E-state index < -0.39 is 28.5 Å². The first-order valence-electron chi connectivity index (χ1n) is 13.0. The lowest BCUT2D eigenvalue weighted by atomic mass is 10.1. The molecule has 2 aromatic carbocycles. The molecule has 1 aliphatic rings. The Kier molecular flexibility index (Phi) is 9.97. The zero-order valence-electron chi connectivity index (χ0n) is 22.3. The highest BCUT2D eigenvalue weighted by molar-refractivity contribution is 7.92. The number of rotatable bonds is 12. The van der Waals surface area contributed by atoms with Crippen LogP contribution in [0.4, 0.5) is 5.69 Å². The third-order valence-electron chi connectivity index (χ3n) is 6.89. The van der Waals surface area contributed by atoms with Crippen molar-refractivity contribution < 1.29 is 22.7 Å². The minimum atomic E-state index is -3.76. The molecule has 2 amide bonds. The van der Waals surface area contributed by atoms with Gasteiger partial charge in [0.05, 0.1) is 19.1 Å². The molecule has 0 aromatic heterocycles. The number of carbonyl (C=O) groups excluding carboxylic acids is 2. The molecule has 3 rings (SSSR count). The molecule has 1 N–H and O–H groups in total. The number of carbonyl (C=O) groups is 2. The van der Waals surface area contributed by atoms with Crippen molar-refractivity contribution in [1.29, 1.82) is 0 Å². The van der Waals surface area contributed by atoms with Crippen LogP contribution >= 0.6 is 0 Å². The van der Waals surface area contributed by atoms with E-state index in [1.165, 1.54) is 4.90 Å². The Bertz CT molecular complexity index is 1160. The molecule has 0 radical (unpaired) electrons. The number of anilines is 1. The van der Waals surface area contributed by atoms with Gasteiger partial charge in [0.25, 0.3) is 0 Å². The van der Waals surface area contributed by atoms with Crippen molar-refractivity contribution in [1.82, 2.24) is 10.2 Å². The van der Waals surface area contributed by atoms with Crippen LogP contribution in [-0.4, -0.2) is 57.1 Å². The zero-order valence-corrected chi connectivity index (χ0v) is 23.1. The molecule has 0 unspecified atom stereocenters. The summed E-state index contributed by atoms with van der Waals surface area (Å²) in [5.74, 6) is -0.00721. The van der Waals surface area contributed by atoms with Gasteiger partial charge in [-0.05, 0) is 61.1 Å². The Morgan fingerprint density at radius 3 is 2.30 bits per heavy atom. The summed E-state index contributed by atoms with van der Waals surface area (Å²) in [7, 11) is -2.19. The predicted molar refractivity (Wildman–Crippen MR) is 146 cm³/mol. The van der Waals surface area contributed by atoms with E-state index in [-0.39, 0.29) is 18.5 Å². The van der Waals surface area contributed by atoms with Gasteiger partial charge >= 0.3 is 0 Å². The minimum absolute atomic E-state index is 0.111. The first kappa shape index (κ1) is 28.5. The van der Waals surface area contributed by atoms with Gasteiger partial charge in [0, 0.05) is 12.6 Å². The molecule has 9 heteroatoms. The molecule has 0 saturated heterocycles. The van der Waals surface area contributed by atoms with Crippen molar-refractivity contribution in [3.05, 3.63) is 59.7 Å². The second kappa shape index (κ2) is 12.9. The summed E-state index contributed by atoms with van der Waals surface area (Å²) >= 11 is 0. The number of amides is 2. The van der Waals surface area contributed by atoms with Crippen LogP contribution in [0.1, 0.15) is 57.1 Å². The molecule has 0 bridgehead atoms. The van der Waals surface area contributed by atoms with E-state index in [2.05, 4.69) is 5.32 Å². The zero-order chi connectivity index (χ0) is 27.0. The molecule has 8 nitrogen and oxygen atoms in total. The maximum atomic E-state index is 13.8. The summed E-state index contributed by atoms with van der Waals surface area (Å²) in [5.41, 5.74) is 2.27. The van der Waals surface area contributed by atoms with Crippen LogP contribution in [0, 0.1) is 0 Å². The number of nitrogens with one attached hydrogen (secondary N) is 1. The van der Waals surface area contributed by atoms with Crippen molar-refractivity contribution in [2.45, 2.75) is 71.0 Å². The number of nitrogens with zero attached hydrogens (tertiary/aromatic N) is 2. The van der Waals surface area contributed by atoms with Gasteiger partial charge in [-0.1, -0.05) is 51.0 Å². The topological polar surface area (TPSA) is 96.0 Å². The fourth-order valence-electron chi connectivity index (χ4n) is 4.77. The van der Waals surface area contributed by atoms with Gasteiger partial charge in [-0.25, -0.2) is 8.42 Å². The number of methoxy groups -OCH3 is 1. The molecule has 0 aliphatic heterocycles. The Morgan fingerprint density at radius 2 is 1.73 bits per heavy atom. The standard InChI is InChI=1S/C28H39N3O5S/c1-5-21-14-16-24(17-15-21)31(37(4,34)35)20-27(32)30(19-22-10-9-13-25(18-22)36-3)26(6-2)28(33)29-23-11-7-8-12-23/h9-10,13-18,23,26H,5-8,11-12,19-20H2,1-4H3,(H,29,33)/t26-/m1/s1. The van der Waals surface area contributed by atoms with Crippen LogP contribution in [-0.2, 0) is 32.6 Å². The summed E-state index contributed by atoms with van der Waals surface area (Å²) in [6.07, 6.45) is 6.33. The van der Waals surface area contributed by atoms with Gasteiger partial charge in [0.15, 0.2) is 0 Å². The monoisotopic (exact) mass is 529 g/mol. The molecule has 1 atom stereocenters. The molecule has 1 aliphatic carbocycles. The molecule has 0 heterocycles. The van der Waals surface area contributed by atoms with Crippen LogP contribution in [0.25, 0.3) is 0 Å². The lowest BCUT2D eigenvalue weighted by Crippen LogP contribution is -2.53. The first-order valence-corrected chi connectivity index (χ1v) is 14.8. The Labute approximate surface area is 221 Å². The lowest BCUT2D eigenvalue weighted by molar-refractivity contribution is -0.140. The van der Waals surface area contributed by atoms with Gasteiger partial charge in [-0.15, -0.1) is 0 Å². The fraction of sp³-hybridized carbons (Fsp3) is 0.500. The quantitative estimate of drug-likeness (QED) is 0.450. The van der Waals surface area contributed by atoms with Crippen molar-refractivity contribution >= 4 is 27.5 Å². The maximum Gasteiger partial charge on any atom is 0.244 e. The largest absolute Gasteiger partial charge is 0.497 e. The number of aryl methyl sites for hydroxylation is 1. The van der Waals surface area contributed by atoms with E-state index in [0.29, 0.717) is 17.9 Å². The molecule has 1 fully saturated rings. The Hall–Kier alpha value is -3.07. The number of hydrogen-bond donors (Lipinski definition) is 1. The number of hydrogen-bond acceptors (Lipinski definition) is 5. The lowest BCUT2D eigenvalue weighted by Gasteiger charge is -2.33. The van der Waals surface area contributed by atoms with Crippen LogP contribution in [0.15, 0.2) is 48.5 Å². The highest BCUT2D eigenvalue weighted by atomic mass is 32.2. The van der Waals surface area contributed by atoms with Gasteiger partial charge in [0.1, 0.15) is 18.3 Å². The van der Waals surface area contributed by atoms with Crippen molar-refractivity contribution in [2.24, 2.45) is 0 Å². The van der Waals surface area contributed by atoms with Crippen molar-refractivity contribution in [3.8, 4) is 5.75 Å². The van der Waals surface area contributed by atoms with E-state index in [0.717, 1.165) is 53.8 Å². The van der Waals surface area contributed by atoms with E-state index in [1.807, 2.05) is 50.2 Å². The number of ether oxygens (including phenoxy) is 1. The van der Waals surface area contributed by atoms with Crippen LogP contribution in [0.5, 0.6) is 5.75 Å². The smallest absolute Gasteiger partial charge is 0.244 e. The van der Waals surface area contributed by atoms with Crippen LogP contribution < -0.4 is 14.4 Å². The molecular formula is C28H39N3O5S. The molecule has 2 aromatic rings. The SMILES string of the molecule is CCc1ccc(N(CC(=O)N(Cc2cccc(OC)c2)[C@H](CC)C(=O)NC2CCCC2)S(C)(=O)=O)cc1. The predicted octanol–water partition coefficient (Wildman–Crippen LogP) is 3.89. The summed E-state index contributed by atoms with van der Waals surface area (Å²) in [4.78, 5) is 28.7. The average Bonchev–Trinajstić information content (AvgIpc) is 3.39. The van der Waals surface area contributed by atoms with Crippen LogP contribution in [0.2, 0.25) is 0 Å². The van der Waals surface area contributed by atoms with Crippen molar-refractivity contribution in [2.75, 3.05) is 24.2 Å². The second-order valence-corrected chi connectivity index (χ2v) is 11.5. The highest BCUT2D eigenvalue weighted by Gasteiger charge is 2.33. The molecule has 1 saturated carbocycles. The first-order chi connectivity index (χ1) is 17.7. The van der Waals surface area contributed by atoms with E-state index in [1.54, 1.807) is 19.2 Å². The summed E-state index contributed by atoms with van der Waals surface area (Å²) in [6.45, 7) is 3.63. The van der Waals surface area contributed by atoms with Gasteiger partial charge in [-0.3, -0.25) is 13.9 Å². The van der Waals surface area contributed by atoms with E-state index >= 15 is 0 Å². The third kappa shape index (κ3) is 7.71. The normalized spacial score (nSPS) is 14.7. The Balaban J connectivity index is 1.92. The van der Waals surface area contributed by atoms with Gasteiger partial charge < -0.3 is 15.0 Å². The van der Waals surface area contributed by atoms with Gasteiger partial charge in [-0.2, -0.15) is 0 Å². The highest BCUT2D eigenvalue weighted by Crippen LogP contribution is 2.23. The Morgan fingerprint density at radius 1 is 1.05 bits per heavy atom. The van der Waals surface area contributed by atoms with E-state index in [9.17, 15) is 18.0 Å². The molecule has 0 spiro atoms. The fourth-order valence-corrected chi connectivity index (χ4v) is 5.62. The maximum absolute atomic E-state index is 13.8. The van der Waals surface area contributed by atoms with Crippen molar-refractivity contribution in [3.63, 3.8) is 0 Å². The average molecular weight is 530 g/mol. The van der Waals surface area contributed by atoms with Gasteiger partial charge in [0.2, 0.25) is 21.8 Å². The third-order valence-corrected chi connectivity index (χ3v) is 8.03. The summed E-state index contributed by atoms with van der Waals surface area (Å²) in [5, 5.41) is 3.11. The molecule has 37 heavy (non-hydrogen) atoms. The molecule has 202 valence electrons. The number of sulfonamides is 1. The minimum Gasteiger partial charge on any atom is -0.497 e.